The molecule has 0 fully saturated rings. The Balaban J connectivity index is 2.85. The zero-order valence-corrected chi connectivity index (χ0v) is 10.8. The lowest BCUT2D eigenvalue weighted by Gasteiger charge is -2.03. The summed E-state index contributed by atoms with van der Waals surface area (Å²) in [6.07, 6.45) is -10.0. The molecule has 0 saturated carbocycles. The smallest absolute Gasteiger partial charge is 0.224 e. The molecule has 0 unspecified atom stereocenters. The number of nitrogens with zero attached hydrogens (tertiary/aromatic N) is 1. The third-order valence-electron chi connectivity index (χ3n) is 1.91. The van der Waals surface area contributed by atoms with Gasteiger partial charge < -0.3 is 0 Å². The molecular formula is C7HF6NO2S3. The van der Waals surface area contributed by atoms with Gasteiger partial charge in [-0.25, -0.2) is 13.4 Å². The molecule has 19 heavy (non-hydrogen) atoms. The zero-order chi connectivity index (χ0) is 14.6. The van der Waals surface area contributed by atoms with E-state index in [1.807, 2.05) is 0 Å². The Kier molecular flexibility index (Phi) is 3.30. The first-order valence-corrected chi connectivity index (χ1v) is 7.05. The van der Waals surface area contributed by atoms with Gasteiger partial charge in [-0.05, 0) is 0 Å². The van der Waals surface area contributed by atoms with Gasteiger partial charge in [0.15, 0.2) is 10.7 Å². The van der Waals surface area contributed by atoms with Crippen molar-refractivity contribution < 1.29 is 34.8 Å². The molecule has 0 N–H and O–H groups in total. The van der Waals surface area contributed by atoms with Gasteiger partial charge in [-0.1, -0.05) is 0 Å². The number of fused-ring (bicyclic) bond motifs is 1. The monoisotopic (exact) mass is 341 g/mol. The molecule has 0 amide bonds. The van der Waals surface area contributed by atoms with Crippen LogP contribution in [0.15, 0.2) is 4.34 Å². The van der Waals surface area contributed by atoms with Crippen molar-refractivity contribution in [2.75, 3.05) is 0 Å². The average molecular weight is 341 g/mol. The number of alkyl halides is 6. The topological polar surface area (TPSA) is 47.0 Å². The van der Waals surface area contributed by atoms with Gasteiger partial charge in [0.05, 0.1) is 4.70 Å². The van der Waals surface area contributed by atoms with Crippen LogP contribution in [0.1, 0.15) is 9.75 Å². The summed E-state index contributed by atoms with van der Waals surface area (Å²) in [6.45, 7) is 0. The Morgan fingerprint density at radius 3 is 1.84 bits per heavy atom. The lowest BCUT2D eigenvalue weighted by atomic mass is 10.3. The van der Waals surface area contributed by atoms with E-state index >= 15 is 0 Å². The van der Waals surface area contributed by atoms with Crippen LogP contribution in [0.2, 0.25) is 0 Å². The van der Waals surface area contributed by atoms with Crippen molar-refractivity contribution in [3.8, 4) is 0 Å². The molecular weight excluding hydrogens is 340 g/mol. The van der Waals surface area contributed by atoms with Gasteiger partial charge >= 0.3 is 12.4 Å². The minimum absolute atomic E-state index is 0.0789. The quantitative estimate of drug-likeness (QED) is 0.639. The number of thiazole rings is 1. The number of halogens is 6. The summed E-state index contributed by atoms with van der Waals surface area (Å²) in [4.78, 5) is 0.0881. The fraction of sp³-hybridized carbons (Fsp3) is 0.286. The highest BCUT2D eigenvalue weighted by Gasteiger charge is 2.44. The second-order valence-electron chi connectivity index (χ2n) is 3.19. The van der Waals surface area contributed by atoms with Gasteiger partial charge in [0.2, 0.25) is 4.34 Å². The van der Waals surface area contributed by atoms with Crippen LogP contribution in [0.5, 0.6) is 0 Å². The predicted octanol–water partition coefficient (Wildman–Crippen LogP) is 3.37. The van der Waals surface area contributed by atoms with E-state index in [9.17, 15) is 34.8 Å². The fourth-order valence-corrected chi connectivity index (χ4v) is 3.98. The van der Waals surface area contributed by atoms with Crippen molar-refractivity contribution in [2.45, 2.75) is 16.7 Å². The molecule has 0 saturated heterocycles. The molecule has 0 aliphatic heterocycles. The largest absolute Gasteiger partial charge is 0.427 e. The van der Waals surface area contributed by atoms with Crippen LogP contribution in [-0.2, 0) is 23.1 Å². The van der Waals surface area contributed by atoms with Gasteiger partial charge in [-0.3, -0.25) is 0 Å². The minimum Gasteiger partial charge on any atom is -0.224 e. The summed E-state index contributed by atoms with van der Waals surface area (Å²) in [5.74, 6) is 0. The Labute approximate surface area is 110 Å². The van der Waals surface area contributed by atoms with Crippen molar-refractivity contribution in [3.63, 3.8) is 0 Å². The van der Waals surface area contributed by atoms with Crippen molar-refractivity contribution in [2.24, 2.45) is 0 Å². The number of hydrogen-bond acceptors (Lipinski definition) is 5. The van der Waals surface area contributed by atoms with E-state index in [0.29, 0.717) is 0 Å². The Hall–Kier alpha value is -0.880. The summed E-state index contributed by atoms with van der Waals surface area (Å²) in [5.41, 5.74) is -0.968. The molecule has 2 aromatic rings. The van der Waals surface area contributed by atoms with E-state index in [-0.39, 0.29) is 11.3 Å². The first-order valence-electron chi connectivity index (χ1n) is 4.24. The molecule has 0 aromatic carbocycles. The third kappa shape index (κ3) is 2.56. The van der Waals surface area contributed by atoms with Gasteiger partial charge in [-0.15, -0.1) is 22.7 Å². The normalized spacial score (nSPS) is 13.6. The lowest BCUT2D eigenvalue weighted by Crippen LogP contribution is -2.03. The molecule has 12 heteroatoms. The molecule has 0 bridgehead atoms. The predicted molar refractivity (Wildman–Crippen MR) is 56.1 cm³/mol. The van der Waals surface area contributed by atoms with Gasteiger partial charge in [0.1, 0.15) is 15.3 Å². The maximum absolute atomic E-state index is 12.6. The molecule has 0 aliphatic carbocycles. The van der Waals surface area contributed by atoms with Crippen molar-refractivity contribution in [1.29, 1.82) is 0 Å². The van der Waals surface area contributed by atoms with Crippen LogP contribution in [0.3, 0.4) is 0 Å². The van der Waals surface area contributed by atoms with Crippen LogP contribution >= 0.6 is 22.7 Å². The first-order chi connectivity index (χ1) is 8.51. The van der Waals surface area contributed by atoms with Crippen LogP contribution in [-0.4, -0.2) is 13.4 Å². The summed E-state index contributed by atoms with van der Waals surface area (Å²) in [6, 6.07) is 0. The number of thiophene rings is 1. The first kappa shape index (κ1) is 14.5. The zero-order valence-electron chi connectivity index (χ0n) is 8.30. The number of aromatic nitrogens is 1. The molecule has 0 atom stereocenters. The van der Waals surface area contributed by atoms with Crippen LogP contribution < -0.4 is 0 Å². The second-order valence-corrected chi connectivity index (χ2v) is 6.45. The summed E-state index contributed by atoms with van der Waals surface area (Å²) < 4.78 is 95.2. The Bertz CT molecular complexity index is 652. The molecule has 2 rings (SSSR count). The van der Waals surface area contributed by atoms with Crippen LogP contribution in [0, 0.1) is 0 Å². The molecule has 3 nitrogen and oxygen atoms in total. The standard InChI is InChI=1S/C7HF6NO2S3/c8-6(9,10)3-1-2(4(18-3)7(11,12)13)17-5(14-1)19(15)16/h19H. The fourth-order valence-electron chi connectivity index (χ4n) is 1.27. The summed E-state index contributed by atoms with van der Waals surface area (Å²) in [7, 11) is -3.34. The highest BCUT2D eigenvalue weighted by molar-refractivity contribution is 7.75. The Morgan fingerprint density at radius 2 is 1.42 bits per heavy atom. The highest BCUT2D eigenvalue weighted by Crippen LogP contribution is 2.49. The third-order valence-corrected chi connectivity index (χ3v) is 5.32. The van der Waals surface area contributed by atoms with Crippen LogP contribution in [0.4, 0.5) is 26.3 Å². The van der Waals surface area contributed by atoms with Crippen LogP contribution in [0.25, 0.3) is 10.2 Å². The number of thiol groups is 1. The van der Waals surface area contributed by atoms with E-state index in [1.165, 1.54) is 0 Å². The van der Waals surface area contributed by atoms with E-state index in [1.54, 1.807) is 0 Å². The average Bonchev–Trinajstić information content (AvgIpc) is 2.68. The van der Waals surface area contributed by atoms with E-state index < -0.39 is 58.7 Å². The van der Waals surface area contributed by atoms with Crippen molar-refractivity contribution in [3.05, 3.63) is 9.75 Å². The molecule has 0 radical (unpaired) electrons. The van der Waals surface area contributed by atoms with E-state index in [0.717, 1.165) is 0 Å². The number of rotatable bonds is 1. The number of hydrogen-bond donors (Lipinski definition) is 1. The van der Waals surface area contributed by atoms with E-state index in [2.05, 4.69) is 4.98 Å². The molecule has 2 aromatic heterocycles. The summed E-state index contributed by atoms with van der Waals surface area (Å²) in [5, 5.41) is 0. The van der Waals surface area contributed by atoms with Crippen molar-refractivity contribution >= 4 is 43.6 Å². The maximum Gasteiger partial charge on any atom is 0.427 e. The lowest BCUT2D eigenvalue weighted by molar-refractivity contribution is -0.134. The molecule has 106 valence electrons. The summed E-state index contributed by atoms with van der Waals surface area (Å²) >= 11 is -0.406. The van der Waals surface area contributed by atoms with Gasteiger partial charge in [-0.2, -0.15) is 26.3 Å². The van der Waals surface area contributed by atoms with E-state index in [4.69, 9.17) is 0 Å². The van der Waals surface area contributed by atoms with Crippen molar-refractivity contribution in [1.82, 2.24) is 4.98 Å². The maximum atomic E-state index is 12.6. The molecule has 0 spiro atoms. The second kappa shape index (κ2) is 4.31. The van der Waals surface area contributed by atoms with Gasteiger partial charge in [0, 0.05) is 0 Å². The highest BCUT2D eigenvalue weighted by atomic mass is 32.2. The minimum atomic E-state index is -5.02. The Morgan fingerprint density at radius 1 is 0.895 bits per heavy atom. The SMILES string of the molecule is O=[SH](=O)c1nc2c(C(F)(F)F)sc(C(F)(F)F)c2s1. The molecule has 0 aliphatic rings. The van der Waals surface area contributed by atoms with Gasteiger partial charge in [0.25, 0.3) is 0 Å². The molecule has 2 heterocycles.